The first-order valence-electron chi connectivity index (χ1n) is 7.40. The Morgan fingerprint density at radius 2 is 1.64 bits per heavy atom. The predicted molar refractivity (Wildman–Crippen MR) is 89.4 cm³/mol. The van der Waals surface area contributed by atoms with E-state index in [1.165, 1.54) is 13.8 Å². The molecule has 0 saturated carbocycles. The highest BCUT2D eigenvalue weighted by atomic mass is 16.4. The van der Waals surface area contributed by atoms with Crippen molar-refractivity contribution in [2.75, 3.05) is 13.1 Å². The fourth-order valence-corrected chi connectivity index (χ4v) is 1.74. The second-order valence-corrected chi connectivity index (χ2v) is 5.12. The second kappa shape index (κ2) is 11.6. The number of carboxylic acid groups (broad SMARTS) is 1. The van der Waals surface area contributed by atoms with E-state index in [-0.39, 0.29) is 19.0 Å². The summed E-state index contributed by atoms with van der Waals surface area (Å²) in [5.74, 6) is -3.19. The lowest BCUT2D eigenvalue weighted by atomic mass is 9.95. The van der Waals surface area contributed by atoms with E-state index >= 15 is 0 Å². The highest BCUT2D eigenvalue weighted by Gasteiger charge is 2.24. The van der Waals surface area contributed by atoms with E-state index in [2.05, 4.69) is 10.6 Å². The smallest absolute Gasteiger partial charge is 0.313 e. The Kier molecular flexibility index (Phi) is 10.2. The van der Waals surface area contributed by atoms with Crippen LogP contribution in [0.15, 0.2) is 30.3 Å². The van der Waals surface area contributed by atoms with Gasteiger partial charge < -0.3 is 26.6 Å². The van der Waals surface area contributed by atoms with Gasteiger partial charge in [-0.1, -0.05) is 30.3 Å². The summed E-state index contributed by atoms with van der Waals surface area (Å²) in [7, 11) is 0. The predicted octanol–water partition coefficient (Wildman–Crippen LogP) is -1.04. The molecule has 0 fully saturated rings. The van der Waals surface area contributed by atoms with Crippen molar-refractivity contribution >= 4 is 23.7 Å². The van der Waals surface area contributed by atoms with Crippen LogP contribution in [0.25, 0.3) is 0 Å². The summed E-state index contributed by atoms with van der Waals surface area (Å²) in [6.07, 6.45) is -0.875. The minimum Gasteiger partial charge on any atom is -0.481 e. The Balaban J connectivity index is 0.000000463. The first kappa shape index (κ1) is 22.1. The highest BCUT2D eigenvalue weighted by molar-refractivity contribution is 5.87. The van der Waals surface area contributed by atoms with Crippen LogP contribution in [0, 0.1) is 0 Å². The first-order valence-corrected chi connectivity index (χ1v) is 7.40. The molecular formula is C16H23N3O6. The Morgan fingerprint density at radius 1 is 1.08 bits per heavy atom. The molecule has 0 aliphatic rings. The number of benzene rings is 1. The van der Waals surface area contributed by atoms with Gasteiger partial charge in [0, 0.05) is 6.92 Å². The average molecular weight is 353 g/mol. The van der Waals surface area contributed by atoms with Crippen molar-refractivity contribution in [1.82, 2.24) is 10.6 Å². The van der Waals surface area contributed by atoms with Gasteiger partial charge in [-0.25, -0.2) is 0 Å². The highest BCUT2D eigenvalue weighted by Crippen LogP contribution is 2.19. The maximum Gasteiger partial charge on any atom is 0.313 e. The number of aliphatic hydroxyl groups is 1. The van der Waals surface area contributed by atoms with E-state index in [0.717, 1.165) is 0 Å². The zero-order chi connectivity index (χ0) is 19.4. The zero-order valence-corrected chi connectivity index (χ0v) is 14.1. The van der Waals surface area contributed by atoms with Crippen LogP contribution in [0.5, 0.6) is 0 Å². The van der Waals surface area contributed by atoms with Gasteiger partial charge >= 0.3 is 5.97 Å². The molecule has 2 unspecified atom stereocenters. The van der Waals surface area contributed by atoms with Crippen LogP contribution in [0.4, 0.5) is 0 Å². The number of amides is 3. The molecule has 9 heteroatoms. The molecule has 0 aromatic heterocycles. The van der Waals surface area contributed by atoms with Crippen molar-refractivity contribution in [3.05, 3.63) is 35.9 Å². The van der Waals surface area contributed by atoms with E-state index in [1.54, 1.807) is 24.3 Å². The fraction of sp³-hybridized carbons (Fsp3) is 0.375. The maximum absolute atomic E-state index is 10.8. The molecule has 9 nitrogen and oxygen atoms in total. The normalized spacial score (nSPS) is 12.0. The van der Waals surface area contributed by atoms with Gasteiger partial charge in [-0.3, -0.25) is 19.2 Å². The average Bonchev–Trinajstić information content (AvgIpc) is 2.52. The van der Waals surface area contributed by atoms with Gasteiger partial charge in [-0.15, -0.1) is 0 Å². The van der Waals surface area contributed by atoms with Gasteiger partial charge in [0.1, 0.15) is 5.92 Å². The Bertz CT molecular complexity index is 569. The Labute approximate surface area is 145 Å². The topological polar surface area (TPSA) is 159 Å². The molecule has 0 spiro atoms. The van der Waals surface area contributed by atoms with Gasteiger partial charge in [0.15, 0.2) is 0 Å². The number of carbonyl (C=O) groups excluding carboxylic acids is 3. The summed E-state index contributed by atoms with van der Waals surface area (Å²) in [6.45, 7) is 2.42. The van der Waals surface area contributed by atoms with Crippen LogP contribution < -0.4 is 16.4 Å². The molecule has 0 saturated heterocycles. The molecular weight excluding hydrogens is 330 g/mol. The van der Waals surface area contributed by atoms with Crippen molar-refractivity contribution in [3.8, 4) is 0 Å². The number of hydrogen-bond acceptors (Lipinski definition) is 5. The third-order valence-electron chi connectivity index (χ3n) is 2.86. The van der Waals surface area contributed by atoms with Crippen LogP contribution >= 0.6 is 0 Å². The molecule has 0 aliphatic carbocycles. The first-order chi connectivity index (χ1) is 11.6. The second-order valence-electron chi connectivity index (χ2n) is 5.12. The van der Waals surface area contributed by atoms with Gasteiger partial charge in [0.25, 0.3) is 0 Å². The van der Waals surface area contributed by atoms with Crippen molar-refractivity contribution in [2.24, 2.45) is 5.73 Å². The lowest BCUT2D eigenvalue weighted by Gasteiger charge is -2.14. The third kappa shape index (κ3) is 10.4. The van der Waals surface area contributed by atoms with Gasteiger partial charge in [-0.2, -0.15) is 0 Å². The summed E-state index contributed by atoms with van der Waals surface area (Å²) in [5, 5.41) is 22.6. The minimum atomic E-state index is -0.999. The molecule has 2 atom stereocenters. The number of rotatable bonds is 7. The number of carboxylic acids is 1. The Hall–Kier alpha value is -2.94. The maximum atomic E-state index is 10.8. The molecule has 25 heavy (non-hydrogen) atoms. The summed E-state index contributed by atoms with van der Waals surface area (Å²) in [4.78, 5) is 42.0. The molecule has 6 N–H and O–H groups in total. The van der Waals surface area contributed by atoms with Crippen LogP contribution in [-0.2, 0) is 19.2 Å². The summed E-state index contributed by atoms with van der Waals surface area (Å²) in [6, 6.07) is 8.72. The lowest BCUT2D eigenvalue weighted by Crippen LogP contribution is -2.39. The largest absolute Gasteiger partial charge is 0.481 e. The van der Waals surface area contributed by atoms with E-state index in [1.807, 2.05) is 6.07 Å². The molecule has 1 aromatic carbocycles. The third-order valence-corrected chi connectivity index (χ3v) is 2.86. The molecule has 1 rings (SSSR count). The molecule has 0 radical (unpaired) electrons. The summed E-state index contributed by atoms with van der Waals surface area (Å²) < 4.78 is 0. The number of nitrogens with one attached hydrogen (secondary N) is 2. The number of nitrogens with two attached hydrogens (primary N) is 1. The fourth-order valence-electron chi connectivity index (χ4n) is 1.74. The molecule has 0 aliphatic heterocycles. The number of aliphatic carboxylic acids is 1. The van der Waals surface area contributed by atoms with Crippen LogP contribution in [0.1, 0.15) is 25.3 Å². The van der Waals surface area contributed by atoms with Gasteiger partial charge in [-0.05, 0) is 12.5 Å². The van der Waals surface area contributed by atoms with E-state index in [0.29, 0.717) is 5.56 Å². The number of primary amides is 1. The molecule has 3 amide bonds. The van der Waals surface area contributed by atoms with Crippen LogP contribution in [0.2, 0.25) is 0 Å². The number of hydrogen-bond donors (Lipinski definition) is 5. The lowest BCUT2D eigenvalue weighted by molar-refractivity contribution is -0.141. The SMILES string of the molecule is CC(=O)NCC(=O)NCC(N)=O.CC(O)C(C(=O)O)c1ccccc1. The quantitative estimate of drug-likeness (QED) is 0.421. The van der Waals surface area contributed by atoms with Gasteiger partial charge in [0.05, 0.1) is 19.2 Å². The van der Waals surface area contributed by atoms with Crippen molar-refractivity contribution in [1.29, 1.82) is 0 Å². The molecule has 138 valence electrons. The molecule has 1 aromatic rings. The molecule has 0 bridgehead atoms. The van der Waals surface area contributed by atoms with Crippen LogP contribution in [0.3, 0.4) is 0 Å². The number of aliphatic hydroxyl groups excluding tert-OH is 1. The number of carbonyl (C=O) groups is 4. The van der Waals surface area contributed by atoms with Crippen molar-refractivity contribution < 1.29 is 29.4 Å². The standard InChI is InChI=1S/C10H12O3.C6H11N3O3/c1-7(11)9(10(12)13)8-5-3-2-4-6-8;1-4(10)8-3-6(12)9-2-5(7)11/h2-7,9,11H,1H3,(H,12,13);2-3H2,1H3,(H2,7,11)(H,8,10)(H,9,12). The van der Waals surface area contributed by atoms with E-state index in [9.17, 15) is 24.3 Å². The Morgan fingerprint density at radius 3 is 2.04 bits per heavy atom. The zero-order valence-electron chi connectivity index (χ0n) is 14.1. The summed E-state index contributed by atoms with van der Waals surface area (Å²) >= 11 is 0. The monoisotopic (exact) mass is 353 g/mol. The van der Waals surface area contributed by atoms with Gasteiger partial charge in [0.2, 0.25) is 17.7 Å². The minimum absolute atomic E-state index is 0.136. The van der Waals surface area contributed by atoms with E-state index < -0.39 is 29.8 Å². The summed E-state index contributed by atoms with van der Waals surface area (Å²) in [5.41, 5.74) is 5.39. The molecule has 0 heterocycles. The van der Waals surface area contributed by atoms with Crippen molar-refractivity contribution in [3.63, 3.8) is 0 Å². The van der Waals surface area contributed by atoms with E-state index in [4.69, 9.17) is 10.8 Å². The van der Waals surface area contributed by atoms with Crippen LogP contribution in [-0.4, -0.2) is 53.1 Å². The van der Waals surface area contributed by atoms with Crippen molar-refractivity contribution in [2.45, 2.75) is 25.9 Å².